The molecule has 2 aromatic rings. The smallest absolute Gasteiger partial charge is 0.186 e. The Morgan fingerprint density at radius 2 is 1.94 bits per heavy atom. The number of thiazole rings is 1. The van der Waals surface area contributed by atoms with Crippen molar-refractivity contribution in [3.8, 4) is 0 Å². The van der Waals surface area contributed by atoms with Crippen LogP contribution in [0.5, 0.6) is 0 Å². The normalized spacial score (nSPS) is 15.9. The van der Waals surface area contributed by atoms with E-state index in [9.17, 15) is 0 Å². The highest BCUT2D eigenvalue weighted by Crippen LogP contribution is 2.33. The molecule has 1 aliphatic heterocycles. The molecule has 92 valence electrons. The van der Waals surface area contributed by atoms with E-state index in [-0.39, 0.29) is 12.4 Å². The molecule has 1 aromatic carbocycles. The molecule has 1 fully saturated rings. The van der Waals surface area contributed by atoms with Gasteiger partial charge in [0, 0.05) is 13.1 Å². The molecule has 0 radical (unpaired) electrons. The molecule has 0 unspecified atom stereocenters. The molecule has 2 heterocycles. The van der Waals surface area contributed by atoms with E-state index in [4.69, 9.17) is 11.6 Å². The summed E-state index contributed by atoms with van der Waals surface area (Å²) in [5.41, 5.74) is 0.953. The number of fused-ring (bicyclic) bond motifs is 1. The van der Waals surface area contributed by atoms with Crippen molar-refractivity contribution in [3.63, 3.8) is 0 Å². The maximum atomic E-state index is 6.13. The van der Waals surface area contributed by atoms with Crippen LogP contribution in [-0.4, -0.2) is 18.1 Å². The number of aromatic nitrogens is 1. The zero-order chi connectivity index (χ0) is 11.0. The van der Waals surface area contributed by atoms with Crippen LogP contribution in [-0.2, 0) is 0 Å². The molecule has 0 atom stereocenters. The van der Waals surface area contributed by atoms with Gasteiger partial charge in [0.15, 0.2) is 5.13 Å². The SMILES string of the molecule is Cl.Clc1cccc2sc(N3CCCCC3)nc12. The molecule has 1 aliphatic rings. The highest BCUT2D eigenvalue weighted by molar-refractivity contribution is 7.22. The molecule has 1 aromatic heterocycles. The largest absolute Gasteiger partial charge is 0.348 e. The molecule has 17 heavy (non-hydrogen) atoms. The number of hydrogen-bond donors (Lipinski definition) is 0. The molecular weight excluding hydrogens is 275 g/mol. The van der Waals surface area contributed by atoms with E-state index in [1.807, 2.05) is 12.1 Å². The van der Waals surface area contributed by atoms with E-state index in [2.05, 4.69) is 16.0 Å². The van der Waals surface area contributed by atoms with Gasteiger partial charge in [0.25, 0.3) is 0 Å². The van der Waals surface area contributed by atoms with Gasteiger partial charge in [-0.25, -0.2) is 4.98 Å². The van der Waals surface area contributed by atoms with Crippen LogP contribution in [0, 0.1) is 0 Å². The first-order valence-corrected chi connectivity index (χ1v) is 6.84. The second kappa shape index (κ2) is 5.42. The molecule has 0 aliphatic carbocycles. The molecule has 0 bridgehead atoms. The minimum absolute atomic E-state index is 0. The summed E-state index contributed by atoms with van der Waals surface area (Å²) >= 11 is 7.88. The van der Waals surface area contributed by atoms with Gasteiger partial charge >= 0.3 is 0 Å². The molecule has 0 spiro atoms. The van der Waals surface area contributed by atoms with Gasteiger partial charge in [-0.15, -0.1) is 12.4 Å². The molecule has 0 amide bonds. The van der Waals surface area contributed by atoms with E-state index < -0.39 is 0 Å². The number of nitrogens with zero attached hydrogens (tertiary/aromatic N) is 2. The van der Waals surface area contributed by atoms with E-state index in [1.54, 1.807) is 11.3 Å². The van der Waals surface area contributed by atoms with Crippen molar-refractivity contribution in [1.29, 1.82) is 0 Å². The zero-order valence-corrected chi connectivity index (χ0v) is 11.7. The van der Waals surface area contributed by atoms with Crippen molar-refractivity contribution in [1.82, 2.24) is 4.98 Å². The predicted molar refractivity (Wildman–Crippen MR) is 77.9 cm³/mol. The number of piperidine rings is 1. The molecule has 1 saturated heterocycles. The Hall–Kier alpha value is -0.510. The van der Waals surface area contributed by atoms with Crippen molar-refractivity contribution >= 4 is 50.7 Å². The summed E-state index contributed by atoms with van der Waals surface area (Å²) < 4.78 is 1.19. The van der Waals surface area contributed by atoms with Crippen molar-refractivity contribution in [2.45, 2.75) is 19.3 Å². The first-order valence-electron chi connectivity index (χ1n) is 5.64. The Kier molecular flexibility index (Phi) is 4.13. The van der Waals surface area contributed by atoms with Crippen LogP contribution >= 0.6 is 35.3 Å². The van der Waals surface area contributed by atoms with Crippen LogP contribution in [0.15, 0.2) is 18.2 Å². The fraction of sp³-hybridized carbons (Fsp3) is 0.417. The van der Waals surface area contributed by atoms with Crippen LogP contribution in [0.25, 0.3) is 10.2 Å². The van der Waals surface area contributed by atoms with Crippen LogP contribution < -0.4 is 4.90 Å². The van der Waals surface area contributed by atoms with Crippen molar-refractivity contribution < 1.29 is 0 Å². The lowest BCUT2D eigenvalue weighted by molar-refractivity contribution is 0.577. The minimum atomic E-state index is 0. The quantitative estimate of drug-likeness (QED) is 0.775. The van der Waals surface area contributed by atoms with E-state index >= 15 is 0 Å². The summed E-state index contributed by atoms with van der Waals surface area (Å²) in [5, 5.41) is 1.89. The number of rotatable bonds is 1. The lowest BCUT2D eigenvalue weighted by Crippen LogP contribution is -2.29. The van der Waals surface area contributed by atoms with E-state index in [0.717, 1.165) is 28.8 Å². The number of para-hydroxylation sites is 1. The second-order valence-electron chi connectivity index (χ2n) is 4.13. The fourth-order valence-electron chi connectivity index (χ4n) is 2.12. The Morgan fingerprint density at radius 1 is 1.18 bits per heavy atom. The second-order valence-corrected chi connectivity index (χ2v) is 5.55. The average molecular weight is 289 g/mol. The van der Waals surface area contributed by atoms with Gasteiger partial charge in [-0.1, -0.05) is 29.0 Å². The predicted octanol–water partition coefficient (Wildman–Crippen LogP) is 4.36. The summed E-state index contributed by atoms with van der Waals surface area (Å²) in [5.74, 6) is 0. The summed E-state index contributed by atoms with van der Waals surface area (Å²) in [4.78, 5) is 7.03. The van der Waals surface area contributed by atoms with E-state index in [0.29, 0.717) is 0 Å². The Morgan fingerprint density at radius 3 is 2.65 bits per heavy atom. The first-order chi connectivity index (χ1) is 7.84. The summed E-state index contributed by atoms with van der Waals surface area (Å²) in [6.45, 7) is 2.27. The highest BCUT2D eigenvalue weighted by Gasteiger charge is 2.15. The summed E-state index contributed by atoms with van der Waals surface area (Å²) in [7, 11) is 0. The number of hydrogen-bond acceptors (Lipinski definition) is 3. The third-order valence-corrected chi connectivity index (χ3v) is 4.37. The van der Waals surface area contributed by atoms with E-state index in [1.165, 1.54) is 24.0 Å². The zero-order valence-electron chi connectivity index (χ0n) is 9.36. The molecule has 0 N–H and O–H groups in total. The van der Waals surface area contributed by atoms with Gasteiger partial charge in [-0.2, -0.15) is 0 Å². The Bertz CT molecular complexity index is 506. The maximum absolute atomic E-state index is 6.13. The van der Waals surface area contributed by atoms with Crippen LogP contribution in [0.2, 0.25) is 5.02 Å². The number of anilines is 1. The monoisotopic (exact) mass is 288 g/mol. The minimum Gasteiger partial charge on any atom is -0.348 e. The van der Waals surface area contributed by atoms with Gasteiger partial charge in [0.2, 0.25) is 0 Å². The van der Waals surface area contributed by atoms with Gasteiger partial charge in [0.05, 0.1) is 9.72 Å². The van der Waals surface area contributed by atoms with Gasteiger partial charge in [-0.3, -0.25) is 0 Å². The van der Waals surface area contributed by atoms with Crippen molar-refractivity contribution in [2.75, 3.05) is 18.0 Å². The van der Waals surface area contributed by atoms with Gasteiger partial charge in [0.1, 0.15) is 5.52 Å². The van der Waals surface area contributed by atoms with Crippen molar-refractivity contribution in [2.24, 2.45) is 0 Å². The molecular formula is C12H14Cl2N2S. The maximum Gasteiger partial charge on any atom is 0.186 e. The summed E-state index contributed by atoms with van der Waals surface area (Å²) in [6, 6.07) is 5.98. The van der Waals surface area contributed by atoms with Gasteiger partial charge in [-0.05, 0) is 31.4 Å². The fourth-order valence-corrected chi connectivity index (χ4v) is 3.44. The molecule has 0 saturated carbocycles. The Labute approximate surface area is 116 Å². The number of benzene rings is 1. The standard InChI is InChI=1S/C12H13ClN2S.ClH/c13-9-5-4-6-10-11(9)14-12(16-10)15-7-2-1-3-8-15;/h4-6H,1-3,7-8H2;1H. The Balaban J connectivity index is 0.00000108. The highest BCUT2D eigenvalue weighted by atomic mass is 35.5. The van der Waals surface area contributed by atoms with Crippen LogP contribution in [0.3, 0.4) is 0 Å². The first kappa shape index (κ1) is 12.9. The summed E-state index contributed by atoms with van der Waals surface area (Å²) in [6.07, 6.45) is 3.91. The average Bonchev–Trinajstić information content (AvgIpc) is 2.76. The molecule has 5 heteroatoms. The molecule has 3 rings (SSSR count). The van der Waals surface area contributed by atoms with Crippen LogP contribution in [0.4, 0.5) is 5.13 Å². The van der Waals surface area contributed by atoms with Crippen LogP contribution in [0.1, 0.15) is 19.3 Å². The third kappa shape index (κ3) is 2.51. The number of halogens is 2. The lowest BCUT2D eigenvalue weighted by atomic mass is 10.1. The van der Waals surface area contributed by atoms with Gasteiger partial charge < -0.3 is 4.90 Å². The van der Waals surface area contributed by atoms with Crippen molar-refractivity contribution in [3.05, 3.63) is 23.2 Å². The lowest BCUT2D eigenvalue weighted by Gasteiger charge is -2.25. The topological polar surface area (TPSA) is 16.1 Å². The molecule has 2 nitrogen and oxygen atoms in total. The third-order valence-electron chi connectivity index (χ3n) is 2.99.